The standard InChI is InChI=1S/C12H15ClN2OS/c13-6-9-16-8-3-7-14-12-15-10-4-1-2-5-11(10)17-12/h1-2,4-5H,3,6-9H2,(H,14,15). The first-order chi connectivity index (χ1) is 8.40. The van der Waals surface area contributed by atoms with Crippen molar-refractivity contribution in [2.24, 2.45) is 0 Å². The van der Waals surface area contributed by atoms with Gasteiger partial charge in [-0.2, -0.15) is 0 Å². The molecule has 0 bridgehead atoms. The van der Waals surface area contributed by atoms with Crippen LogP contribution in [0.15, 0.2) is 24.3 Å². The fourth-order valence-corrected chi connectivity index (χ4v) is 2.47. The van der Waals surface area contributed by atoms with Crippen LogP contribution in [0.3, 0.4) is 0 Å². The predicted molar refractivity (Wildman–Crippen MR) is 74.3 cm³/mol. The van der Waals surface area contributed by atoms with Crippen molar-refractivity contribution in [3.63, 3.8) is 0 Å². The van der Waals surface area contributed by atoms with Crippen molar-refractivity contribution in [1.82, 2.24) is 4.98 Å². The lowest BCUT2D eigenvalue weighted by Crippen LogP contribution is -2.06. The number of hydrogen-bond acceptors (Lipinski definition) is 4. The van der Waals surface area contributed by atoms with E-state index in [0.29, 0.717) is 12.5 Å². The van der Waals surface area contributed by atoms with E-state index in [9.17, 15) is 0 Å². The summed E-state index contributed by atoms with van der Waals surface area (Å²) < 4.78 is 6.51. The fraction of sp³-hybridized carbons (Fsp3) is 0.417. The molecule has 0 aliphatic rings. The van der Waals surface area contributed by atoms with Crippen LogP contribution in [0.4, 0.5) is 5.13 Å². The van der Waals surface area contributed by atoms with Crippen molar-refractivity contribution >= 4 is 38.3 Å². The van der Waals surface area contributed by atoms with E-state index in [1.54, 1.807) is 11.3 Å². The molecule has 1 aromatic heterocycles. The van der Waals surface area contributed by atoms with E-state index < -0.39 is 0 Å². The second kappa shape index (κ2) is 6.79. The minimum atomic E-state index is 0.561. The number of rotatable bonds is 7. The van der Waals surface area contributed by atoms with Crippen molar-refractivity contribution in [1.29, 1.82) is 0 Å². The molecule has 1 N–H and O–H groups in total. The normalized spacial score (nSPS) is 10.9. The van der Waals surface area contributed by atoms with Gasteiger partial charge in [0, 0.05) is 19.0 Å². The third-order valence-corrected chi connectivity index (χ3v) is 3.41. The van der Waals surface area contributed by atoms with E-state index in [4.69, 9.17) is 16.3 Å². The molecule has 1 heterocycles. The number of fused-ring (bicyclic) bond motifs is 1. The third-order valence-electron chi connectivity index (χ3n) is 2.26. The molecule has 0 radical (unpaired) electrons. The highest BCUT2D eigenvalue weighted by atomic mass is 35.5. The number of nitrogens with one attached hydrogen (secondary N) is 1. The van der Waals surface area contributed by atoms with Gasteiger partial charge in [0.2, 0.25) is 0 Å². The maximum absolute atomic E-state index is 5.51. The molecule has 3 nitrogen and oxygen atoms in total. The zero-order valence-electron chi connectivity index (χ0n) is 9.49. The molecular formula is C12H15ClN2OS. The molecule has 0 unspecified atom stereocenters. The van der Waals surface area contributed by atoms with Crippen LogP contribution in [0.25, 0.3) is 10.2 Å². The number of para-hydroxylation sites is 1. The van der Waals surface area contributed by atoms with E-state index >= 15 is 0 Å². The minimum Gasteiger partial charge on any atom is -0.380 e. The van der Waals surface area contributed by atoms with E-state index in [1.807, 2.05) is 18.2 Å². The maximum atomic E-state index is 5.51. The fourth-order valence-electron chi connectivity index (χ4n) is 1.47. The number of anilines is 1. The number of thiazole rings is 1. The molecule has 0 atom stereocenters. The number of aromatic nitrogens is 1. The summed E-state index contributed by atoms with van der Waals surface area (Å²) in [5.41, 5.74) is 1.05. The molecule has 0 saturated heterocycles. The number of halogens is 1. The molecule has 2 aromatic rings. The Bertz CT molecular complexity index is 427. The van der Waals surface area contributed by atoms with Crippen molar-refractivity contribution in [3.8, 4) is 0 Å². The summed E-state index contributed by atoms with van der Waals surface area (Å²) in [5, 5.41) is 4.28. The first-order valence-electron chi connectivity index (χ1n) is 5.63. The molecule has 0 saturated carbocycles. The Morgan fingerprint density at radius 1 is 1.29 bits per heavy atom. The summed E-state index contributed by atoms with van der Waals surface area (Å²) in [4.78, 5) is 4.49. The van der Waals surface area contributed by atoms with Crippen LogP contribution in [0.5, 0.6) is 0 Å². The number of hydrogen-bond donors (Lipinski definition) is 1. The molecule has 0 aliphatic carbocycles. The molecule has 0 amide bonds. The summed E-state index contributed by atoms with van der Waals surface area (Å²) in [6, 6.07) is 8.15. The van der Waals surface area contributed by atoms with Crippen molar-refractivity contribution in [2.45, 2.75) is 6.42 Å². The molecule has 2 rings (SSSR count). The predicted octanol–water partition coefficient (Wildman–Crippen LogP) is 3.35. The Balaban J connectivity index is 1.75. The van der Waals surface area contributed by atoms with Crippen LogP contribution in [0, 0.1) is 0 Å². The largest absolute Gasteiger partial charge is 0.380 e. The van der Waals surface area contributed by atoms with Crippen LogP contribution >= 0.6 is 22.9 Å². The van der Waals surface area contributed by atoms with Gasteiger partial charge in [-0.3, -0.25) is 0 Å². The molecule has 0 spiro atoms. The summed E-state index contributed by atoms with van der Waals surface area (Å²) >= 11 is 7.19. The highest BCUT2D eigenvalue weighted by Gasteiger charge is 2.01. The Hall–Kier alpha value is -0.840. The average molecular weight is 271 g/mol. The smallest absolute Gasteiger partial charge is 0.183 e. The molecule has 0 aliphatic heterocycles. The topological polar surface area (TPSA) is 34.1 Å². The van der Waals surface area contributed by atoms with Gasteiger partial charge in [0.05, 0.1) is 16.8 Å². The first-order valence-corrected chi connectivity index (χ1v) is 6.98. The lowest BCUT2D eigenvalue weighted by atomic mass is 10.3. The maximum Gasteiger partial charge on any atom is 0.183 e. The Labute approximate surface area is 110 Å². The van der Waals surface area contributed by atoms with Gasteiger partial charge in [0.25, 0.3) is 0 Å². The Morgan fingerprint density at radius 3 is 3.00 bits per heavy atom. The highest BCUT2D eigenvalue weighted by Crippen LogP contribution is 2.25. The zero-order valence-corrected chi connectivity index (χ0v) is 11.1. The van der Waals surface area contributed by atoms with Gasteiger partial charge in [0.15, 0.2) is 5.13 Å². The molecule has 92 valence electrons. The average Bonchev–Trinajstić information content (AvgIpc) is 2.76. The van der Waals surface area contributed by atoms with Gasteiger partial charge in [-0.1, -0.05) is 23.5 Å². The molecule has 0 fully saturated rings. The van der Waals surface area contributed by atoms with E-state index in [2.05, 4.69) is 16.4 Å². The van der Waals surface area contributed by atoms with Gasteiger partial charge in [0.1, 0.15) is 0 Å². The van der Waals surface area contributed by atoms with Crippen LogP contribution in [-0.2, 0) is 4.74 Å². The van der Waals surface area contributed by atoms with E-state index in [0.717, 1.165) is 30.2 Å². The van der Waals surface area contributed by atoms with Gasteiger partial charge < -0.3 is 10.1 Å². The quantitative estimate of drug-likeness (QED) is 0.619. The van der Waals surface area contributed by atoms with Gasteiger partial charge in [-0.05, 0) is 18.6 Å². The number of nitrogens with zero attached hydrogens (tertiary/aromatic N) is 1. The SMILES string of the molecule is ClCCOCCCNc1nc2ccccc2s1. The van der Waals surface area contributed by atoms with Crippen LogP contribution in [0.2, 0.25) is 0 Å². The minimum absolute atomic E-state index is 0.561. The van der Waals surface area contributed by atoms with Gasteiger partial charge in [-0.15, -0.1) is 11.6 Å². The molecule has 1 aromatic carbocycles. The van der Waals surface area contributed by atoms with Crippen molar-refractivity contribution in [2.75, 3.05) is 31.0 Å². The summed E-state index contributed by atoms with van der Waals surface area (Å²) in [5.74, 6) is 0.561. The second-order valence-electron chi connectivity index (χ2n) is 3.57. The molecular weight excluding hydrogens is 256 g/mol. The zero-order chi connectivity index (χ0) is 11.9. The summed E-state index contributed by atoms with van der Waals surface area (Å²) in [6.45, 7) is 2.25. The van der Waals surface area contributed by atoms with Crippen LogP contribution < -0.4 is 5.32 Å². The number of alkyl halides is 1. The van der Waals surface area contributed by atoms with Crippen LogP contribution in [-0.4, -0.2) is 30.6 Å². The van der Waals surface area contributed by atoms with Crippen LogP contribution in [0.1, 0.15) is 6.42 Å². The Kier molecular flexibility index (Phi) is 5.04. The lowest BCUT2D eigenvalue weighted by Gasteiger charge is -2.02. The first kappa shape index (κ1) is 12.6. The van der Waals surface area contributed by atoms with E-state index in [1.165, 1.54) is 4.70 Å². The van der Waals surface area contributed by atoms with Gasteiger partial charge in [-0.25, -0.2) is 4.98 Å². The number of ether oxygens (including phenoxy) is 1. The third kappa shape index (κ3) is 3.84. The van der Waals surface area contributed by atoms with E-state index in [-0.39, 0.29) is 0 Å². The Morgan fingerprint density at radius 2 is 2.18 bits per heavy atom. The van der Waals surface area contributed by atoms with Crippen molar-refractivity contribution < 1.29 is 4.74 Å². The van der Waals surface area contributed by atoms with Gasteiger partial charge >= 0.3 is 0 Å². The van der Waals surface area contributed by atoms with Crippen molar-refractivity contribution in [3.05, 3.63) is 24.3 Å². The summed E-state index contributed by atoms with van der Waals surface area (Å²) in [6.07, 6.45) is 0.965. The number of benzene rings is 1. The highest BCUT2D eigenvalue weighted by molar-refractivity contribution is 7.22. The lowest BCUT2D eigenvalue weighted by molar-refractivity contribution is 0.149. The molecule has 17 heavy (non-hydrogen) atoms. The summed E-state index contributed by atoms with van der Waals surface area (Å²) in [7, 11) is 0. The monoisotopic (exact) mass is 270 g/mol. The molecule has 5 heteroatoms. The second-order valence-corrected chi connectivity index (χ2v) is 4.98.